The Morgan fingerprint density at radius 2 is 2.04 bits per heavy atom. The van der Waals surface area contributed by atoms with Crippen molar-refractivity contribution in [3.63, 3.8) is 0 Å². The summed E-state index contributed by atoms with van der Waals surface area (Å²) >= 11 is 1.85. The minimum Gasteiger partial charge on any atom is -0.357 e. The van der Waals surface area contributed by atoms with E-state index in [2.05, 4.69) is 21.9 Å². The van der Waals surface area contributed by atoms with Gasteiger partial charge in [-0.1, -0.05) is 12.1 Å². The van der Waals surface area contributed by atoms with Crippen molar-refractivity contribution in [2.45, 2.75) is 31.2 Å². The van der Waals surface area contributed by atoms with Gasteiger partial charge in [0.25, 0.3) is 0 Å². The van der Waals surface area contributed by atoms with Crippen LogP contribution in [0.4, 0.5) is 0 Å². The fourth-order valence-electron chi connectivity index (χ4n) is 1.91. The number of nitrogens with two attached hydrogens (primary N) is 1. The smallest absolute Gasteiger partial charge is 0.238 e. The van der Waals surface area contributed by atoms with E-state index in [9.17, 15) is 8.42 Å². The van der Waals surface area contributed by atoms with E-state index in [-0.39, 0.29) is 28.9 Å². The lowest BCUT2D eigenvalue weighted by atomic mass is 10.2. The SMILES string of the molecule is CCNC(=NCc1cccc(S(N)(=O)=O)c1)NCCCCSC.I. The molecule has 0 aliphatic rings. The Hall–Kier alpha value is -0.520. The number of nitrogens with zero attached hydrogens (tertiary/aromatic N) is 1. The van der Waals surface area contributed by atoms with E-state index < -0.39 is 10.0 Å². The number of primary sulfonamides is 1. The average Bonchev–Trinajstić information content (AvgIpc) is 2.52. The number of thioether (sulfide) groups is 1. The number of sulfonamides is 1. The van der Waals surface area contributed by atoms with Gasteiger partial charge in [0, 0.05) is 13.1 Å². The van der Waals surface area contributed by atoms with E-state index in [1.165, 1.54) is 12.5 Å². The molecule has 24 heavy (non-hydrogen) atoms. The van der Waals surface area contributed by atoms with Crippen LogP contribution in [0.2, 0.25) is 0 Å². The highest BCUT2D eigenvalue weighted by Crippen LogP contribution is 2.10. The first-order chi connectivity index (χ1) is 11.0. The van der Waals surface area contributed by atoms with Crippen LogP contribution in [0.5, 0.6) is 0 Å². The predicted octanol–water partition coefficient (Wildman–Crippen LogP) is 2.15. The van der Waals surface area contributed by atoms with E-state index in [0.29, 0.717) is 6.54 Å². The third kappa shape index (κ3) is 9.70. The number of rotatable bonds is 9. The van der Waals surface area contributed by atoms with E-state index in [1.807, 2.05) is 24.8 Å². The summed E-state index contributed by atoms with van der Waals surface area (Å²) in [5, 5.41) is 11.6. The van der Waals surface area contributed by atoms with Gasteiger partial charge in [0.15, 0.2) is 5.96 Å². The maximum Gasteiger partial charge on any atom is 0.238 e. The number of unbranched alkanes of at least 4 members (excludes halogenated alkanes) is 1. The molecule has 1 aromatic carbocycles. The Balaban J connectivity index is 0.00000529. The van der Waals surface area contributed by atoms with Crippen molar-refractivity contribution in [2.24, 2.45) is 10.1 Å². The first-order valence-corrected chi connectivity index (χ1v) is 10.5. The van der Waals surface area contributed by atoms with Gasteiger partial charge in [-0.15, -0.1) is 24.0 Å². The van der Waals surface area contributed by atoms with Crippen LogP contribution < -0.4 is 15.8 Å². The highest BCUT2D eigenvalue weighted by atomic mass is 127. The standard InChI is InChI=1S/C15H26N4O2S2.HI/c1-3-17-15(18-9-4-5-10-22-2)19-12-13-7-6-8-14(11-13)23(16,20)21;/h6-8,11H,3-5,9-10,12H2,1-2H3,(H2,16,20,21)(H2,17,18,19);1H. The molecule has 0 saturated heterocycles. The lowest BCUT2D eigenvalue weighted by Crippen LogP contribution is -2.37. The van der Waals surface area contributed by atoms with E-state index >= 15 is 0 Å². The number of hydrogen-bond acceptors (Lipinski definition) is 4. The number of hydrogen-bond donors (Lipinski definition) is 3. The average molecular weight is 486 g/mol. The minimum absolute atomic E-state index is 0. The second-order valence-corrected chi connectivity index (χ2v) is 7.56. The van der Waals surface area contributed by atoms with Crippen LogP contribution in [0.3, 0.4) is 0 Å². The molecule has 138 valence electrons. The molecule has 0 aromatic heterocycles. The summed E-state index contributed by atoms with van der Waals surface area (Å²) in [5.41, 5.74) is 0.802. The van der Waals surface area contributed by atoms with Crippen molar-refractivity contribution >= 4 is 51.7 Å². The Kier molecular flexibility index (Phi) is 12.5. The van der Waals surface area contributed by atoms with Crippen LogP contribution in [0.15, 0.2) is 34.2 Å². The number of nitrogens with one attached hydrogen (secondary N) is 2. The van der Waals surface area contributed by atoms with Crippen molar-refractivity contribution < 1.29 is 8.42 Å². The molecule has 0 saturated carbocycles. The first-order valence-electron chi connectivity index (χ1n) is 7.60. The van der Waals surface area contributed by atoms with Gasteiger partial charge in [-0.25, -0.2) is 18.5 Å². The zero-order valence-corrected chi connectivity index (χ0v) is 18.1. The summed E-state index contributed by atoms with van der Waals surface area (Å²) in [7, 11) is -3.68. The summed E-state index contributed by atoms with van der Waals surface area (Å²) in [6.45, 7) is 4.04. The molecule has 0 aliphatic heterocycles. The van der Waals surface area contributed by atoms with Gasteiger partial charge in [-0.05, 0) is 49.5 Å². The van der Waals surface area contributed by atoms with Gasteiger partial charge >= 0.3 is 0 Å². The van der Waals surface area contributed by atoms with Crippen molar-refractivity contribution in [2.75, 3.05) is 25.1 Å². The third-order valence-corrected chi connectivity index (χ3v) is 4.67. The minimum atomic E-state index is -3.68. The summed E-state index contributed by atoms with van der Waals surface area (Å²) in [6.07, 6.45) is 4.37. The topological polar surface area (TPSA) is 96.6 Å². The van der Waals surface area contributed by atoms with Crippen molar-refractivity contribution in [1.82, 2.24) is 10.6 Å². The molecule has 0 atom stereocenters. The molecule has 0 spiro atoms. The molecule has 0 amide bonds. The summed E-state index contributed by atoms with van der Waals surface area (Å²) < 4.78 is 22.7. The highest BCUT2D eigenvalue weighted by molar-refractivity contribution is 14.0. The zero-order valence-electron chi connectivity index (χ0n) is 14.1. The van der Waals surface area contributed by atoms with Crippen molar-refractivity contribution in [1.29, 1.82) is 0 Å². The Labute approximate surface area is 166 Å². The Bertz CT molecular complexity index is 609. The predicted molar refractivity (Wildman–Crippen MR) is 114 cm³/mol. The molecule has 0 unspecified atom stereocenters. The molecule has 0 aliphatic carbocycles. The van der Waals surface area contributed by atoms with Gasteiger partial charge in [-0.2, -0.15) is 11.8 Å². The van der Waals surface area contributed by atoms with Gasteiger partial charge in [0.05, 0.1) is 11.4 Å². The Morgan fingerprint density at radius 1 is 1.29 bits per heavy atom. The third-order valence-electron chi connectivity index (χ3n) is 3.06. The second kappa shape index (κ2) is 12.8. The maximum atomic E-state index is 11.4. The molecular weight excluding hydrogens is 459 g/mol. The van der Waals surface area contributed by atoms with Crippen LogP contribution >= 0.6 is 35.7 Å². The van der Waals surface area contributed by atoms with Crippen LogP contribution in [0.1, 0.15) is 25.3 Å². The van der Waals surface area contributed by atoms with Crippen LogP contribution in [0, 0.1) is 0 Å². The van der Waals surface area contributed by atoms with Crippen LogP contribution in [0.25, 0.3) is 0 Å². The molecule has 9 heteroatoms. The molecule has 6 nitrogen and oxygen atoms in total. The van der Waals surface area contributed by atoms with Crippen molar-refractivity contribution in [3.8, 4) is 0 Å². The van der Waals surface area contributed by atoms with Gasteiger partial charge in [0.1, 0.15) is 0 Å². The monoisotopic (exact) mass is 486 g/mol. The highest BCUT2D eigenvalue weighted by Gasteiger charge is 2.07. The van der Waals surface area contributed by atoms with Crippen LogP contribution in [-0.4, -0.2) is 39.5 Å². The first kappa shape index (κ1) is 23.5. The lowest BCUT2D eigenvalue weighted by Gasteiger charge is -2.11. The molecule has 0 radical (unpaired) electrons. The molecule has 1 aromatic rings. The number of aliphatic imine (C=N–C) groups is 1. The quantitative estimate of drug-likeness (QED) is 0.215. The second-order valence-electron chi connectivity index (χ2n) is 5.01. The fourth-order valence-corrected chi connectivity index (χ4v) is 2.99. The molecular formula is C15H27IN4O2S2. The Morgan fingerprint density at radius 3 is 2.67 bits per heavy atom. The summed E-state index contributed by atoms with van der Waals surface area (Å²) in [4.78, 5) is 4.59. The van der Waals surface area contributed by atoms with Crippen molar-refractivity contribution in [3.05, 3.63) is 29.8 Å². The van der Waals surface area contributed by atoms with E-state index in [1.54, 1.807) is 12.1 Å². The van der Waals surface area contributed by atoms with Crippen LogP contribution in [-0.2, 0) is 16.6 Å². The fraction of sp³-hybridized carbons (Fsp3) is 0.533. The molecule has 4 N–H and O–H groups in total. The van der Waals surface area contributed by atoms with E-state index in [0.717, 1.165) is 36.8 Å². The zero-order chi connectivity index (χ0) is 17.1. The maximum absolute atomic E-state index is 11.4. The summed E-state index contributed by atoms with van der Waals surface area (Å²) in [5.74, 6) is 1.90. The summed E-state index contributed by atoms with van der Waals surface area (Å²) in [6, 6.07) is 6.55. The number of guanidine groups is 1. The molecule has 1 rings (SSSR count). The van der Waals surface area contributed by atoms with Gasteiger partial charge < -0.3 is 10.6 Å². The molecule has 0 fully saturated rings. The molecule has 0 bridgehead atoms. The largest absolute Gasteiger partial charge is 0.357 e. The number of halogens is 1. The normalized spacial score (nSPS) is 11.7. The van der Waals surface area contributed by atoms with E-state index in [4.69, 9.17) is 5.14 Å². The number of benzene rings is 1. The van der Waals surface area contributed by atoms with Gasteiger partial charge in [0.2, 0.25) is 10.0 Å². The lowest BCUT2D eigenvalue weighted by molar-refractivity contribution is 0.597. The van der Waals surface area contributed by atoms with Gasteiger partial charge in [-0.3, -0.25) is 0 Å². The molecule has 0 heterocycles.